The fourth-order valence-electron chi connectivity index (χ4n) is 2.68. The summed E-state index contributed by atoms with van der Waals surface area (Å²) >= 11 is 0. The number of carbonyl (C=O) groups excluding carboxylic acids is 1. The third-order valence-corrected chi connectivity index (χ3v) is 3.70. The molecule has 0 radical (unpaired) electrons. The molecule has 2 fully saturated rings. The van der Waals surface area contributed by atoms with Crippen LogP contribution in [-0.4, -0.2) is 72.4 Å². The van der Waals surface area contributed by atoms with Crippen LogP contribution in [0.4, 0.5) is 0 Å². The second-order valence-electron chi connectivity index (χ2n) is 6.24. The molecule has 18 heavy (non-hydrogen) atoms. The Morgan fingerprint density at radius 1 is 1.22 bits per heavy atom. The Morgan fingerprint density at radius 3 is 2.39 bits per heavy atom. The fraction of sp³-hybridized carbons (Fsp3) is 0.923. The van der Waals surface area contributed by atoms with Crippen molar-refractivity contribution in [3.8, 4) is 0 Å². The van der Waals surface area contributed by atoms with Gasteiger partial charge in [0.2, 0.25) is 5.91 Å². The molecule has 0 saturated carbocycles. The Kier molecular flexibility index (Phi) is 3.94. The number of amides is 1. The van der Waals surface area contributed by atoms with Crippen LogP contribution in [0.3, 0.4) is 0 Å². The molecular formula is C13H24N2O3. The average molecular weight is 256 g/mol. The van der Waals surface area contributed by atoms with E-state index >= 15 is 0 Å². The van der Waals surface area contributed by atoms with Crippen LogP contribution in [0, 0.1) is 5.41 Å². The highest BCUT2D eigenvalue weighted by Crippen LogP contribution is 2.24. The van der Waals surface area contributed by atoms with Gasteiger partial charge in [0.15, 0.2) is 0 Å². The van der Waals surface area contributed by atoms with Crippen LogP contribution in [0.1, 0.15) is 20.8 Å². The monoisotopic (exact) mass is 256 g/mol. The zero-order valence-electron chi connectivity index (χ0n) is 11.6. The van der Waals surface area contributed by atoms with Crippen LogP contribution >= 0.6 is 0 Å². The standard InChI is InChI=1S/C13H24N2O3/c1-13(2,3)12(17)15-8-10(11(16)9-15)14-4-6-18-7-5-14/h10-11,16H,4-9H2,1-3H3/t10-,11-/m0/s1. The summed E-state index contributed by atoms with van der Waals surface area (Å²) in [5.74, 6) is 0.123. The highest BCUT2D eigenvalue weighted by molar-refractivity contribution is 5.81. The van der Waals surface area contributed by atoms with Crippen molar-refractivity contribution >= 4 is 5.91 Å². The molecule has 2 heterocycles. The van der Waals surface area contributed by atoms with E-state index in [2.05, 4.69) is 4.90 Å². The van der Waals surface area contributed by atoms with Gasteiger partial charge in [-0.1, -0.05) is 20.8 Å². The second-order valence-corrected chi connectivity index (χ2v) is 6.24. The number of hydrogen-bond acceptors (Lipinski definition) is 4. The number of ether oxygens (including phenoxy) is 1. The molecule has 0 spiro atoms. The Hall–Kier alpha value is -0.650. The summed E-state index contributed by atoms with van der Waals surface area (Å²) in [5.41, 5.74) is -0.375. The summed E-state index contributed by atoms with van der Waals surface area (Å²) in [5, 5.41) is 10.1. The molecule has 2 rings (SSSR count). The quantitative estimate of drug-likeness (QED) is 0.714. The van der Waals surface area contributed by atoms with Crippen LogP contribution < -0.4 is 0 Å². The van der Waals surface area contributed by atoms with Crippen molar-refractivity contribution < 1.29 is 14.6 Å². The highest BCUT2D eigenvalue weighted by Gasteiger charge is 2.40. The average Bonchev–Trinajstić information content (AvgIpc) is 2.70. The second kappa shape index (κ2) is 5.15. The van der Waals surface area contributed by atoms with Gasteiger partial charge in [-0.25, -0.2) is 0 Å². The maximum atomic E-state index is 12.2. The minimum absolute atomic E-state index is 0.0696. The van der Waals surface area contributed by atoms with Crippen molar-refractivity contribution in [1.29, 1.82) is 0 Å². The van der Waals surface area contributed by atoms with E-state index in [1.54, 1.807) is 4.90 Å². The lowest BCUT2D eigenvalue weighted by atomic mass is 9.95. The number of carbonyl (C=O) groups is 1. The van der Waals surface area contributed by atoms with E-state index in [1.165, 1.54) is 0 Å². The highest BCUT2D eigenvalue weighted by atomic mass is 16.5. The zero-order valence-corrected chi connectivity index (χ0v) is 11.6. The van der Waals surface area contributed by atoms with E-state index in [0.29, 0.717) is 13.1 Å². The number of hydrogen-bond donors (Lipinski definition) is 1. The third kappa shape index (κ3) is 2.84. The Morgan fingerprint density at radius 2 is 1.83 bits per heavy atom. The Balaban J connectivity index is 1.98. The molecule has 0 aromatic rings. The number of nitrogens with zero attached hydrogens (tertiary/aromatic N) is 2. The summed E-state index contributed by atoms with van der Waals surface area (Å²) < 4.78 is 5.32. The molecular weight excluding hydrogens is 232 g/mol. The molecule has 0 aliphatic carbocycles. The molecule has 104 valence electrons. The van der Waals surface area contributed by atoms with Crippen molar-refractivity contribution in [2.75, 3.05) is 39.4 Å². The van der Waals surface area contributed by atoms with Crippen molar-refractivity contribution in [3.63, 3.8) is 0 Å². The molecule has 2 saturated heterocycles. The van der Waals surface area contributed by atoms with Gasteiger partial charge in [0.05, 0.1) is 25.4 Å². The van der Waals surface area contributed by atoms with Crippen LogP contribution in [0.2, 0.25) is 0 Å². The summed E-state index contributed by atoms with van der Waals surface area (Å²) in [7, 11) is 0. The number of likely N-dealkylation sites (tertiary alicyclic amines) is 1. The molecule has 0 bridgehead atoms. The number of aliphatic hydroxyl groups excluding tert-OH is 1. The first kappa shape index (κ1) is 13.8. The van der Waals surface area contributed by atoms with E-state index < -0.39 is 6.10 Å². The summed E-state index contributed by atoms with van der Waals surface area (Å²) in [6, 6.07) is 0.0696. The van der Waals surface area contributed by atoms with Gasteiger partial charge < -0.3 is 14.7 Å². The van der Waals surface area contributed by atoms with Gasteiger partial charge >= 0.3 is 0 Å². The SMILES string of the molecule is CC(C)(C)C(=O)N1C[C@H](O)[C@@H](N2CCOCC2)C1. The van der Waals surface area contributed by atoms with Crippen molar-refractivity contribution in [2.24, 2.45) is 5.41 Å². The van der Waals surface area contributed by atoms with E-state index in [9.17, 15) is 9.90 Å². The normalized spacial score (nSPS) is 30.8. The molecule has 0 aromatic carbocycles. The van der Waals surface area contributed by atoms with Gasteiger partial charge in [-0.2, -0.15) is 0 Å². The predicted octanol–water partition coefficient (Wildman–Crippen LogP) is -0.0636. The van der Waals surface area contributed by atoms with Crippen molar-refractivity contribution in [1.82, 2.24) is 9.80 Å². The number of morpholine rings is 1. The molecule has 0 unspecified atom stereocenters. The van der Waals surface area contributed by atoms with Crippen LogP contribution in [-0.2, 0) is 9.53 Å². The van der Waals surface area contributed by atoms with Crippen LogP contribution in [0.5, 0.6) is 0 Å². The molecule has 0 aromatic heterocycles. The lowest BCUT2D eigenvalue weighted by Crippen LogP contribution is -2.49. The van der Waals surface area contributed by atoms with E-state index in [0.717, 1.165) is 26.3 Å². The molecule has 1 amide bonds. The predicted molar refractivity (Wildman–Crippen MR) is 68.2 cm³/mol. The smallest absolute Gasteiger partial charge is 0.228 e. The summed E-state index contributed by atoms with van der Waals surface area (Å²) in [6.07, 6.45) is -0.436. The first-order chi connectivity index (χ1) is 8.39. The topological polar surface area (TPSA) is 53.0 Å². The zero-order chi connectivity index (χ0) is 13.3. The number of β-amino-alcohol motifs (C(OH)–C–C–N with tert-alkyl or cyclic N) is 1. The largest absolute Gasteiger partial charge is 0.390 e. The first-order valence-corrected chi connectivity index (χ1v) is 6.69. The lowest BCUT2D eigenvalue weighted by Gasteiger charge is -2.33. The fourth-order valence-corrected chi connectivity index (χ4v) is 2.68. The Bertz CT molecular complexity index is 308. The van der Waals surface area contributed by atoms with E-state index in [4.69, 9.17) is 4.74 Å². The number of aliphatic hydroxyl groups is 1. The molecule has 2 aliphatic rings. The third-order valence-electron chi connectivity index (χ3n) is 3.70. The molecule has 2 aliphatic heterocycles. The van der Waals surface area contributed by atoms with Gasteiger partial charge in [0.25, 0.3) is 0 Å². The lowest BCUT2D eigenvalue weighted by molar-refractivity contribution is -0.138. The molecule has 2 atom stereocenters. The number of rotatable bonds is 1. The van der Waals surface area contributed by atoms with E-state index in [1.807, 2.05) is 20.8 Å². The van der Waals surface area contributed by atoms with Gasteiger partial charge in [-0.05, 0) is 0 Å². The first-order valence-electron chi connectivity index (χ1n) is 6.69. The molecule has 5 heteroatoms. The van der Waals surface area contributed by atoms with Crippen molar-refractivity contribution in [2.45, 2.75) is 32.9 Å². The molecule has 5 nitrogen and oxygen atoms in total. The molecule has 1 N–H and O–H groups in total. The minimum Gasteiger partial charge on any atom is -0.390 e. The van der Waals surface area contributed by atoms with E-state index in [-0.39, 0.29) is 17.4 Å². The Labute approximate surface area is 109 Å². The van der Waals surface area contributed by atoms with Gasteiger partial charge in [0.1, 0.15) is 0 Å². The maximum absolute atomic E-state index is 12.2. The van der Waals surface area contributed by atoms with Crippen molar-refractivity contribution in [3.05, 3.63) is 0 Å². The summed E-state index contributed by atoms with van der Waals surface area (Å²) in [6.45, 7) is 9.98. The van der Waals surface area contributed by atoms with Gasteiger partial charge in [-0.3, -0.25) is 9.69 Å². The van der Waals surface area contributed by atoms with Gasteiger partial charge in [-0.15, -0.1) is 0 Å². The van der Waals surface area contributed by atoms with Gasteiger partial charge in [0, 0.05) is 31.6 Å². The van der Waals surface area contributed by atoms with Crippen LogP contribution in [0.25, 0.3) is 0 Å². The minimum atomic E-state index is -0.436. The summed E-state index contributed by atoms with van der Waals surface area (Å²) in [4.78, 5) is 16.2. The maximum Gasteiger partial charge on any atom is 0.228 e. The van der Waals surface area contributed by atoms with Crippen LogP contribution in [0.15, 0.2) is 0 Å².